The van der Waals surface area contributed by atoms with Gasteiger partial charge in [0, 0.05) is 0 Å². The second-order valence-electron chi connectivity index (χ2n) is 9.23. The van der Waals surface area contributed by atoms with E-state index in [4.69, 9.17) is 8.92 Å². The molecular formula is C36H31ClOSn2. The van der Waals surface area contributed by atoms with Gasteiger partial charge in [-0.1, -0.05) is 0 Å². The second-order valence-corrected chi connectivity index (χ2v) is 28.8. The molecule has 0 bridgehead atoms. The van der Waals surface area contributed by atoms with Gasteiger partial charge in [-0.05, 0) is 0 Å². The van der Waals surface area contributed by atoms with Crippen molar-refractivity contribution in [2.45, 2.75) is 0 Å². The first-order valence-electron chi connectivity index (χ1n) is 13.2. The molecule has 6 rings (SSSR count). The molecule has 0 atom stereocenters. The molecule has 0 heterocycles. The molecule has 0 radical (unpaired) electrons. The first-order chi connectivity index (χ1) is 19.3. The Labute approximate surface area is 252 Å². The summed E-state index contributed by atoms with van der Waals surface area (Å²) in [6.07, 6.45) is 0. The maximum absolute atomic E-state index is 7.33. The topological polar surface area (TPSA) is 30.0 Å². The molecule has 196 valence electrons. The summed E-state index contributed by atoms with van der Waals surface area (Å²) in [4.78, 5) is 0. The summed E-state index contributed by atoms with van der Waals surface area (Å²) in [7, 11) is 7.33. The Hall–Kier alpha value is -2.83. The predicted octanol–water partition coefficient (Wildman–Crippen LogP) is 4.92. The van der Waals surface area contributed by atoms with Gasteiger partial charge < -0.3 is 5.48 Å². The molecule has 0 amide bonds. The summed E-state index contributed by atoms with van der Waals surface area (Å²) in [5.74, 6) is 0. The first kappa shape index (κ1) is 30.1. The molecule has 0 unspecified atom stereocenters. The van der Waals surface area contributed by atoms with E-state index in [9.17, 15) is 0 Å². The maximum atomic E-state index is 7.33. The molecule has 40 heavy (non-hydrogen) atoms. The molecule has 0 saturated heterocycles. The van der Waals surface area contributed by atoms with Crippen molar-refractivity contribution in [3.8, 4) is 0 Å². The average molecular weight is 753 g/mol. The van der Waals surface area contributed by atoms with Crippen LogP contribution in [0.4, 0.5) is 0 Å². The van der Waals surface area contributed by atoms with Crippen LogP contribution in [0.15, 0.2) is 182 Å². The van der Waals surface area contributed by atoms with E-state index in [2.05, 4.69) is 164 Å². The number of rotatable bonds is 6. The number of benzene rings is 6. The zero-order chi connectivity index (χ0) is 26.8. The van der Waals surface area contributed by atoms with E-state index in [0.29, 0.717) is 0 Å². The Bertz CT molecular complexity index is 1340. The Kier molecular flexibility index (Phi) is 11.5. The van der Waals surface area contributed by atoms with Gasteiger partial charge in [0.25, 0.3) is 0 Å². The van der Waals surface area contributed by atoms with Crippen LogP contribution < -0.4 is 21.5 Å². The van der Waals surface area contributed by atoms with E-state index in [1.54, 1.807) is 0 Å². The van der Waals surface area contributed by atoms with Crippen LogP contribution in [-0.4, -0.2) is 42.5 Å². The van der Waals surface area contributed by atoms with Crippen LogP contribution in [0.3, 0.4) is 0 Å². The molecule has 0 aliphatic carbocycles. The van der Waals surface area contributed by atoms with Gasteiger partial charge in [0.15, 0.2) is 0 Å². The van der Waals surface area contributed by atoms with Gasteiger partial charge in [-0.15, -0.1) is 0 Å². The summed E-state index contributed by atoms with van der Waals surface area (Å²) in [6, 6.07) is 64.6. The molecule has 0 aliphatic rings. The third-order valence-electron chi connectivity index (χ3n) is 6.70. The molecule has 0 aliphatic heterocycles. The molecule has 6 aromatic rings. The molecule has 0 saturated carbocycles. The minimum atomic E-state index is -3.30. The molecule has 6 aromatic carbocycles. The van der Waals surface area contributed by atoms with Crippen molar-refractivity contribution in [3.63, 3.8) is 0 Å². The monoisotopic (exact) mass is 754 g/mol. The minimum absolute atomic E-state index is 0. The van der Waals surface area contributed by atoms with Crippen molar-refractivity contribution < 1.29 is 5.48 Å². The third-order valence-corrected chi connectivity index (χ3v) is 28.6. The van der Waals surface area contributed by atoms with E-state index in [1.165, 1.54) is 21.5 Å². The fourth-order valence-corrected chi connectivity index (χ4v) is 23.1. The molecule has 4 heteroatoms. The zero-order valence-corrected chi connectivity index (χ0v) is 28.6. The van der Waals surface area contributed by atoms with Crippen molar-refractivity contribution in [1.82, 2.24) is 0 Å². The van der Waals surface area contributed by atoms with Gasteiger partial charge in [-0.2, -0.15) is 0 Å². The Morgan fingerprint density at radius 3 is 0.750 bits per heavy atom. The van der Waals surface area contributed by atoms with Gasteiger partial charge in [-0.25, -0.2) is 0 Å². The second kappa shape index (κ2) is 15.2. The van der Waals surface area contributed by atoms with E-state index < -0.39 is 37.0 Å². The number of hydrogen-bond acceptors (Lipinski definition) is 1. The normalized spacial score (nSPS) is 10.4. The summed E-state index contributed by atoms with van der Waals surface area (Å²) in [6.45, 7) is 0. The molecule has 0 fully saturated rings. The molecule has 1 N–H and O–H groups in total. The fraction of sp³-hybridized carbons (Fsp3) is 0. The average Bonchev–Trinajstić information content (AvgIpc) is 3.04. The van der Waals surface area contributed by atoms with Gasteiger partial charge >= 0.3 is 249 Å². The van der Waals surface area contributed by atoms with Crippen molar-refractivity contribution in [2.75, 3.05) is 0 Å². The van der Waals surface area contributed by atoms with Crippen LogP contribution in [0.2, 0.25) is 0 Å². The third kappa shape index (κ3) is 7.27. The standard InChI is InChI=1S/6C6H5.ClH.H2O.2Sn/c6*1-2-4-6-5-3-1;;;;/h6*1-5H;1H;1H2;;/q;;;;;;;;2*+1/p-2. The number of hydrogen-bond donors (Lipinski definition) is 0. The van der Waals surface area contributed by atoms with Crippen LogP contribution in [0.25, 0.3) is 0 Å². The van der Waals surface area contributed by atoms with Crippen molar-refractivity contribution in [1.29, 1.82) is 0 Å². The molecule has 0 aromatic heterocycles. The summed E-state index contributed by atoms with van der Waals surface area (Å²) >= 11 is -5.29. The van der Waals surface area contributed by atoms with E-state index in [-0.39, 0.29) is 5.48 Å². The molecule has 1 nitrogen and oxygen atoms in total. The first-order valence-corrected chi connectivity index (χ1v) is 25.3. The van der Waals surface area contributed by atoms with Crippen LogP contribution in [0.5, 0.6) is 0 Å². The van der Waals surface area contributed by atoms with Crippen LogP contribution in [0.1, 0.15) is 0 Å². The van der Waals surface area contributed by atoms with Gasteiger partial charge in [0.05, 0.1) is 0 Å². The Morgan fingerprint density at radius 2 is 0.525 bits per heavy atom. The van der Waals surface area contributed by atoms with Gasteiger partial charge in [0.2, 0.25) is 0 Å². The van der Waals surface area contributed by atoms with Crippen molar-refractivity contribution in [2.24, 2.45) is 0 Å². The Balaban J connectivity index is 0.000000181. The van der Waals surface area contributed by atoms with E-state index >= 15 is 0 Å². The molecular weight excluding hydrogens is 721 g/mol. The van der Waals surface area contributed by atoms with E-state index in [0.717, 1.165) is 0 Å². The van der Waals surface area contributed by atoms with Crippen LogP contribution in [0, 0.1) is 0 Å². The van der Waals surface area contributed by atoms with Gasteiger partial charge in [0.1, 0.15) is 0 Å². The zero-order valence-electron chi connectivity index (χ0n) is 22.1. The predicted molar refractivity (Wildman–Crippen MR) is 176 cm³/mol. The SMILES string of the molecule is [Cl][Sn]([c]1ccccc1)([c]1ccccc1)[c]1ccccc1.[OH-].c1cc[c]([Sn+]([c]2ccccc2)[c]2ccccc2)cc1. The van der Waals surface area contributed by atoms with Crippen molar-refractivity contribution in [3.05, 3.63) is 182 Å². The van der Waals surface area contributed by atoms with E-state index in [1.807, 2.05) is 18.2 Å². The van der Waals surface area contributed by atoms with Gasteiger partial charge in [-0.3, -0.25) is 0 Å². The quantitative estimate of drug-likeness (QED) is 0.223. The van der Waals surface area contributed by atoms with Crippen LogP contribution >= 0.6 is 8.92 Å². The van der Waals surface area contributed by atoms with Crippen molar-refractivity contribution >= 4 is 67.4 Å². The summed E-state index contributed by atoms with van der Waals surface area (Å²) in [5.41, 5.74) is 0. The van der Waals surface area contributed by atoms with Crippen LogP contribution in [-0.2, 0) is 0 Å². The molecule has 0 spiro atoms. The summed E-state index contributed by atoms with van der Waals surface area (Å²) < 4.78 is 8.47. The Morgan fingerprint density at radius 1 is 0.325 bits per heavy atom. The number of halogens is 1. The summed E-state index contributed by atoms with van der Waals surface area (Å²) in [5, 5.41) is 0. The fourth-order valence-electron chi connectivity index (χ4n) is 4.82.